The van der Waals surface area contributed by atoms with Crippen LogP contribution >= 0.6 is 11.8 Å². The van der Waals surface area contributed by atoms with Crippen LogP contribution in [0.1, 0.15) is 11.1 Å². The van der Waals surface area contributed by atoms with Gasteiger partial charge in [-0.25, -0.2) is 0 Å². The lowest BCUT2D eigenvalue weighted by Gasteiger charge is -2.14. The Morgan fingerprint density at radius 2 is 1.65 bits per heavy atom. The van der Waals surface area contributed by atoms with E-state index in [1.54, 1.807) is 11.8 Å². The predicted molar refractivity (Wildman–Crippen MR) is 90.0 cm³/mol. The standard InChI is InChI=1S/C18H21NS/c1-15-9-11-18(12-10-15)20-14-17(13-19(2)3)16-7-5-4-6-8-16/h4-12,14H,13H2,1-3H3/b17-14-. The highest BCUT2D eigenvalue weighted by Crippen LogP contribution is 2.25. The molecule has 0 aromatic heterocycles. The fourth-order valence-corrected chi connectivity index (χ4v) is 2.73. The molecule has 2 aromatic rings. The number of benzene rings is 2. The van der Waals surface area contributed by atoms with Gasteiger partial charge in [0.1, 0.15) is 0 Å². The fourth-order valence-electron chi connectivity index (χ4n) is 1.95. The molecule has 0 saturated heterocycles. The molecule has 0 spiro atoms. The molecule has 0 amide bonds. The van der Waals surface area contributed by atoms with Crippen LogP contribution < -0.4 is 0 Å². The Bertz CT molecular complexity index is 556. The highest BCUT2D eigenvalue weighted by Gasteiger charge is 2.03. The molecule has 20 heavy (non-hydrogen) atoms. The molecule has 0 aliphatic rings. The SMILES string of the molecule is Cc1ccc(S/C=C(/CN(C)C)c2ccccc2)cc1. The first-order valence-electron chi connectivity index (χ1n) is 6.77. The fraction of sp³-hybridized carbons (Fsp3) is 0.222. The molecule has 104 valence electrons. The van der Waals surface area contributed by atoms with E-state index in [1.165, 1.54) is 21.6 Å². The van der Waals surface area contributed by atoms with Gasteiger partial charge in [0.25, 0.3) is 0 Å². The Morgan fingerprint density at radius 3 is 2.25 bits per heavy atom. The summed E-state index contributed by atoms with van der Waals surface area (Å²) >= 11 is 1.79. The quantitative estimate of drug-likeness (QED) is 0.732. The second-order valence-electron chi connectivity index (χ2n) is 5.18. The third-order valence-electron chi connectivity index (χ3n) is 2.99. The molecule has 0 bridgehead atoms. The molecule has 0 fully saturated rings. The first-order valence-corrected chi connectivity index (χ1v) is 7.65. The van der Waals surface area contributed by atoms with Crippen LogP contribution in [0, 0.1) is 6.92 Å². The lowest BCUT2D eigenvalue weighted by atomic mass is 10.1. The van der Waals surface area contributed by atoms with Gasteiger partial charge in [0, 0.05) is 11.4 Å². The van der Waals surface area contributed by atoms with Crippen molar-refractivity contribution in [2.24, 2.45) is 0 Å². The van der Waals surface area contributed by atoms with Crippen molar-refractivity contribution in [1.29, 1.82) is 0 Å². The van der Waals surface area contributed by atoms with E-state index in [9.17, 15) is 0 Å². The molecular weight excluding hydrogens is 262 g/mol. The lowest BCUT2D eigenvalue weighted by molar-refractivity contribution is 0.463. The average molecular weight is 283 g/mol. The number of rotatable bonds is 5. The number of nitrogens with zero attached hydrogens (tertiary/aromatic N) is 1. The topological polar surface area (TPSA) is 3.24 Å². The maximum atomic E-state index is 2.26. The summed E-state index contributed by atoms with van der Waals surface area (Å²) in [5.41, 5.74) is 3.94. The number of hydrogen-bond acceptors (Lipinski definition) is 2. The summed E-state index contributed by atoms with van der Waals surface area (Å²) in [6, 6.07) is 19.3. The van der Waals surface area contributed by atoms with Crippen molar-refractivity contribution in [3.63, 3.8) is 0 Å². The van der Waals surface area contributed by atoms with Gasteiger partial charge in [0.05, 0.1) is 0 Å². The zero-order chi connectivity index (χ0) is 14.4. The Labute approximate surface area is 126 Å². The van der Waals surface area contributed by atoms with E-state index in [4.69, 9.17) is 0 Å². The van der Waals surface area contributed by atoms with Gasteiger partial charge in [-0.15, -0.1) is 0 Å². The summed E-state index contributed by atoms with van der Waals surface area (Å²) in [5.74, 6) is 0. The first kappa shape index (κ1) is 14.9. The van der Waals surface area contributed by atoms with E-state index >= 15 is 0 Å². The van der Waals surface area contributed by atoms with Crippen LogP contribution in [0.2, 0.25) is 0 Å². The summed E-state index contributed by atoms with van der Waals surface area (Å²) in [7, 11) is 4.21. The van der Waals surface area contributed by atoms with Gasteiger partial charge in [0.2, 0.25) is 0 Å². The van der Waals surface area contributed by atoms with Gasteiger partial charge >= 0.3 is 0 Å². The van der Waals surface area contributed by atoms with Gasteiger partial charge in [-0.05, 0) is 49.7 Å². The van der Waals surface area contributed by atoms with E-state index < -0.39 is 0 Å². The Hall–Kier alpha value is -1.51. The van der Waals surface area contributed by atoms with Gasteiger partial charge in [-0.1, -0.05) is 59.8 Å². The second-order valence-corrected chi connectivity index (χ2v) is 6.12. The maximum Gasteiger partial charge on any atom is 0.0238 e. The largest absolute Gasteiger partial charge is 0.305 e. The highest BCUT2D eigenvalue weighted by atomic mass is 32.2. The highest BCUT2D eigenvalue weighted by molar-refractivity contribution is 8.02. The molecule has 0 N–H and O–H groups in total. The predicted octanol–water partition coefficient (Wildman–Crippen LogP) is 4.69. The Balaban J connectivity index is 2.18. The molecule has 2 rings (SSSR count). The van der Waals surface area contributed by atoms with Crippen LogP contribution in [-0.4, -0.2) is 25.5 Å². The van der Waals surface area contributed by atoms with Gasteiger partial charge in [0.15, 0.2) is 0 Å². The first-order chi connectivity index (χ1) is 9.65. The summed E-state index contributed by atoms with van der Waals surface area (Å²) < 4.78 is 0. The molecule has 0 atom stereocenters. The van der Waals surface area contributed by atoms with Crippen LogP contribution in [0.25, 0.3) is 5.57 Å². The number of hydrogen-bond donors (Lipinski definition) is 0. The monoisotopic (exact) mass is 283 g/mol. The number of aryl methyl sites for hydroxylation is 1. The summed E-state index contributed by atoms with van der Waals surface area (Å²) in [6.45, 7) is 3.06. The van der Waals surface area contributed by atoms with Gasteiger partial charge in [-0.2, -0.15) is 0 Å². The van der Waals surface area contributed by atoms with E-state index in [-0.39, 0.29) is 0 Å². The minimum atomic E-state index is 0.947. The number of likely N-dealkylation sites (N-methyl/N-ethyl adjacent to an activating group) is 1. The molecule has 0 unspecified atom stereocenters. The van der Waals surface area contributed by atoms with Crippen molar-refractivity contribution >= 4 is 17.3 Å². The third-order valence-corrected chi connectivity index (χ3v) is 3.94. The van der Waals surface area contributed by atoms with Crippen LogP contribution in [0.3, 0.4) is 0 Å². The molecule has 2 heteroatoms. The Morgan fingerprint density at radius 1 is 1.00 bits per heavy atom. The molecular formula is C18H21NS. The molecule has 0 aliphatic carbocycles. The lowest BCUT2D eigenvalue weighted by Crippen LogP contribution is -2.14. The van der Waals surface area contributed by atoms with Gasteiger partial charge < -0.3 is 4.90 Å². The summed E-state index contributed by atoms with van der Waals surface area (Å²) in [4.78, 5) is 3.48. The molecule has 0 saturated carbocycles. The minimum absolute atomic E-state index is 0.947. The number of thioether (sulfide) groups is 1. The van der Waals surface area contributed by atoms with Crippen LogP contribution in [-0.2, 0) is 0 Å². The minimum Gasteiger partial charge on any atom is -0.305 e. The zero-order valence-electron chi connectivity index (χ0n) is 12.3. The van der Waals surface area contributed by atoms with E-state index in [1.807, 2.05) is 0 Å². The van der Waals surface area contributed by atoms with E-state index in [0.29, 0.717) is 0 Å². The Kier molecular flexibility index (Phi) is 5.45. The normalized spacial score (nSPS) is 11.9. The summed E-state index contributed by atoms with van der Waals surface area (Å²) in [6.07, 6.45) is 0. The van der Waals surface area contributed by atoms with Crippen molar-refractivity contribution in [1.82, 2.24) is 4.90 Å². The van der Waals surface area contributed by atoms with Crippen molar-refractivity contribution < 1.29 is 0 Å². The molecule has 0 aliphatic heterocycles. The van der Waals surface area contributed by atoms with Crippen molar-refractivity contribution in [3.8, 4) is 0 Å². The van der Waals surface area contributed by atoms with Crippen molar-refractivity contribution in [2.45, 2.75) is 11.8 Å². The second kappa shape index (κ2) is 7.32. The third kappa shape index (κ3) is 4.55. The molecule has 2 aromatic carbocycles. The van der Waals surface area contributed by atoms with Crippen molar-refractivity contribution in [3.05, 3.63) is 71.1 Å². The van der Waals surface area contributed by atoms with E-state index in [0.717, 1.165) is 6.54 Å². The van der Waals surface area contributed by atoms with E-state index in [2.05, 4.69) is 85.9 Å². The van der Waals surface area contributed by atoms with Gasteiger partial charge in [-0.3, -0.25) is 0 Å². The molecule has 0 heterocycles. The summed E-state index contributed by atoms with van der Waals surface area (Å²) in [5, 5.41) is 2.26. The van der Waals surface area contributed by atoms with Crippen LogP contribution in [0.15, 0.2) is 64.9 Å². The van der Waals surface area contributed by atoms with Crippen LogP contribution in [0.5, 0.6) is 0 Å². The maximum absolute atomic E-state index is 2.26. The van der Waals surface area contributed by atoms with Crippen molar-refractivity contribution in [2.75, 3.05) is 20.6 Å². The smallest absolute Gasteiger partial charge is 0.0238 e. The van der Waals surface area contributed by atoms with Crippen LogP contribution in [0.4, 0.5) is 0 Å². The molecule has 0 radical (unpaired) electrons. The average Bonchev–Trinajstić information content (AvgIpc) is 2.46. The molecule has 1 nitrogen and oxygen atoms in total. The zero-order valence-corrected chi connectivity index (χ0v) is 13.2.